The first-order valence-electron chi connectivity index (χ1n) is 4.85. The van der Waals surface area contributed by atoms with Crippen LogP contribution in [0, 0.1) is 0 Å². The van der Waals surface area contributed by atoms with Gasteiger partial charge in [-0.3, -0.25) is 0 Å². The number of rotatable bonds is 3. The van der Waals surface area contributed by atoms with Crippen molar-refractivity contribution < 1.29 is 4.12 Å². The maximum atomic E-state index is 6.12. The maximum absolute atomic E-state index is 6.12. The summed E-state index contributed by atoms with van der Waals surface area (Å²) in [6.45, 7) is 9.07. The van der Waals surface area contributed by atoms with Crippen LogP contribution in [0.5, 0.6) is 0 Å². The lowest BCUT2D eigenvalue weighted by atomic mass is 10.2. The largest absolute Gasteiger partial charge is 0.455 e. The fourth-order valence-corrected chi connectivity index (χ4v) is 7.60. The zero-order chi connectivity index (χ0) is 9.90. The number of allylic oxidation sites excluding steroid dienone is 4. The Bertz CT molecular complexity index is 207. The van der Waals surface area contributed by atoms with Crippen molar-refractivity contribution in [3.05, 3.63) is 24.3 Å². The van der Waals surface area contributed by atoms with Crippen molar-refractivity contribution in [2.45, 2.75) is 38.2 Å². The predicted octanol–water partition coefficient (Wildman–Crippen LogP) is 3.35. The minimum absolute atomic E-state index is 0.546. The van der Waals surface area contributed by atoms with E-state index in [9.17, 15) is 0 Å². The van der Waals surface area contributed by atoms with E-state index in [1.165, 1.54) is 0 Å². The highest BCUT2D eigenvalue weighted by Gasteiger charge is 2.31. The summed E-state index contributed by atoms with van der Waals surface area (Å²) in [7, 11) is -2.04. The average Bonchev–Trinajstić information content (AvgIpc) is 2.04. The molecule has 1 rings (SSSR count). The SMILES string of the molecule is C[Si](C)O[Si](C)(C)C1C=CCC=C1. The lowest BCUT2D eigenvalue weighted by Crippen LogP contribution is -2.39. The van der Waals surface area contributed by atoms with Gasteiger partial charge in [0.2, 0.25) is 0 Å². The second kappa shape index (κ2) is 4.39. The van der Waals surface area contributed by atoms with Gasteiger partial charge in [0.15, 0.2) is 17.4 Å². The Hall–Kier alpha value is -0.126. The Labute approximate surface area is 84.4 Å². The van der Waals surface area contributed by atoms with Gasteiger partial charge in [0.05, 0.1) is 0 Å². The van der Waals surface area contributed by atoms with Gasteiger partial charge in [0.1, 0.15) is 0 Å². The molecule has 1 aliphatic rings. The fourth-order valence-electron chi connectivity index (χ4n) is 1.65. The molecule has 0 unspecified atom stereocenters. The van der Waals surface area contributed by atoms with E-state index in [2.05, 4.69) is 50.5 Å². The molecule has 0 N–H and O–H groups in total. The van der Waals surface area contributed by atoms with Gasteiger partial charge < -0.3 is 4.12 Å². The van der Waals surface area contributed by atoms with Crippen molar-refractivity contribution in [3.8, 4) is 0 Å². The van der Waals surface area contributed by atoms with E-state index in [1.807, 2.05) is 0 Å². The molecule has 0 saturated carbocycles. The summed E-state index contributed by atoms with van der Waals surface area (Å²) in [5, 5.41) is 0. The molecule has 1 aliphatic carbocycles. The third-order valence-electron chi connectivity index (χ3n) is 2.23. The third-order valence-corrected chi connectivity index (χ3v) is 7.96. The van der Waals surface area contributed by atoms with E-state index in [0.29, 0.717) is 5.54 Å². The van der Waals surface area contributed by atoms with Crippen LogP contribution in [0.25, 0.3) is 0 Å². The summed E-state index contributed by atoms with van der Waals surface area (Å²) < 4.78 is 6.12. The molecule has 1 radical (unpaired) electrons. The molecule has 0 aromatic carbocycles. The normalized spacial score (nSPS) is 18.5. The molecular weight excluding hydrogens is 192 g/mol. The zero-order valence-corrected chi connectivity index (χ0v) is 11.0. The minimum atomic E-state index is -1.49. The summed E-state index contributed by atoms with van der Waals surface area (Å²) in [6, 6.07) is 0. The molecule has 0 bridgehead atoms. The molecule has 0 aromatic heterocycles. The summed E-state index contributed by atoms with van der Waals surface area (Å²) in [5.74, 6) is 0. The van der Waals surface area contributed by atoms with Crippen LogP contribution in [0.15, 0.2) is 24.3 Å². The molecule has 0 aliphatic heterocycles. The van der Waals surface area contributed by atoms with Crippen LogP contribution in [0.1, 0.15) is 6.42 Å². The fraction of sp³-hybridized carbons (Fsp3) is 0.600. The molecule has 0 fully saturated rings. The topological polar surface area (TPSA) is 9.23 Å². The second-order valence-electron chi connectivity index (χ2n) is 4.23. The van der Waals surface area contributed by atoms with Crippen molar-refractivity contribution in [2.24, 2.45) is 0 Å². The van der Waals surface area contributed by atoms with E-state index >= 15 is 0 Å². The van der Waals surface area contributed by atoms with Gasteiger partial charge in [-0.25, -0.2) is 0 Å². The molecule has 0 spiro atoms. The van der Waals surface area contributed by atoms with E-state index < -0.39 is 17.4 Å². The molecule has 0 aromatic rings. The standard InChI is InChI=1S/C10H19OSi2/c1-12(2)11-13(3,4)10-8-6-5-7-9-10/h6-10H,5H2,1-4H3. The lowest BCUT2D eigenvalue weighted by molar-refractivity contribution is 0.567. The Kier molecular flexibility index (Phi) is 3.70. The third kappa shape index (κ3) is 3.25. The summed E-state index contributed by atoms with van der Waals surface area (Å²) in [5.41, 5.74) is 0.584. The Morgan fingerprint density at radius 1 is 1.23 bits per heavy atom. The molecule has 1 nitrogen and oxygen atoms in total. The summed E-state index contributed by atoms with van der Waals surface area (Å²) >= 11 is 0. The van der Waals surface area contributed by atoms with E-state index in [4.69, 9.17) is 4.12 Å². The van der Waals surface area contributed by atoms with Crippen molar-refractivity contribution in [1.82, 2.24) is 0 Å². The van der Waals surface area contributed by atoms with Gasteiger partial charge >= 0.3 is 0 Å². The molecule has 13 heavy (non-hydrogen) atoms. The first kappa shape index (κ1) is 11.0. The number of hydrogen-bond acceptors (Lipinski definition) is 1. The highest BCUT2D eigenvalue weighted by Crippen LogP contribution is 2.29. The molecule has 0 atom stereocenters. The molecule has 0 saturated heterocycles. The lowest BCUT2D eigenvalue weighted by Gasteiger charge is -2.31. The van der Waals surface area contributed by atoms with Crippen LogP contribution in [-0.2, 0) is 4.12 Å². The van der Waals surface area contributed by atoms with Gasteiger partial charge in [0, 0.05) is 5.54 Å². The quantitative estimate of drug-likeness (QED) is 0.514. The van der Waals surface area contributed by atoms with Crippen LogP contribution in [-0.4, -0.2) is 17.4 Å². The predicted molar refractivity (Wildman–Crippen MR) is 62.7 cm³/mol. The van der Waals surface area contributed by atoms with Gasteiger partial charge in [-0.05, 0) is 32.6 Å². The van der Waals surface area contributed by atoms with Gasteiger partial charge in [-0.2, -0.15) is 0 Å². The first-order chi connectivity index (χ1) is 6.02. The van der Waals surface area contributed by atoms with Gasteiger partial charge in [-0.1, -0.05) is 24.3 Å². The van der Waals surface area contributed by atoms with Crippen LogP contribution in [0.3, 0.4) is 0 Å². The van der Waals surface area contributed by atoms with Crippen molar-refractivity contribution >= 4 is 17.4 Å². The number of hydrogen-bond donors (Lipinski definition) is 0. The monoisotopic (exact) mass is 211 g/mol. The van der Waals surface area contributed by atoms with Crippen molar-refractivity contribution in [2.75, 3.05) is 0 Å². The van der Waals surface area contributed by atoms with E-state index in [0.717, 1.165) is 6.42 Å². The Balaban J connectivity index is 2.61. The maximum Gasteiger partial charge on any atom is 0.191 e. The van der Waals surface area contributed by atoms with Gasteiger partial charge in [-0.15, -0.1) is 0 Å². The zero-order valence-electron chi connectivity index (χ0n) is 9.00. The van der Waals surface area contributed by atoms with E-state index in [-0.39, 0.29) is 0 Å². The summed E-state index contributed by atoms with van der Waals surface area (Å²) in [4.78, 5) is 0. The highest BCUT2D eigenvalue weighted by molar-refractivity contribution is 6.79. The molecule has 0 heterocycles. The van der Waals surface area contributed by atoms with Crippen LogP contribution >= 0.6 is 0 Å². The molecule has 3 heteroatoms. The Morgan fingerprint density at radius 3 is 2.23 bits per heavy atom. The summed E-state index contributed by atoms with van der Waals surface area (Å²) in [6.07, 6.45) is 10.2. The van der Waals surface area contributed by atoms with E-state index in [1.54, 1.807) is 0 Å². The molecular formula is C10H19OSi2. The van der Waals surface area contributed by atoms with Crippen LogP contribution in [0.2, 0.25) is 31.7 Å². The molecule has 0 amide bonds. The molecule has 73 valence electrons. The van der Waals surface area contributed by atoms with Crippen LogP contribution < -0.4 is 0 Å². The smallest absolute Gasteiger partial charge is 0.191 e. The van der Waals surface area contributed by atoms with Crippen molar-refractivity contribution in [3.63, 3.8) is 0 Å². The van der Waals surface area contributed by atoms with Gasteiger partial charge in [0.25, 0.3) is 0 Å². The minimum Gasteiger partial charge on any atom is -0.455 e. The average molecular weight is 211 g/mol. The second-order valence-corrected chi connectivity index (χ2v) is 10.7. The van der Waals surface area contributed by atoms with Crippen LogP contribution in [0.4, 0.5) is 0 Å². The highest BCUT2D eigenvalue weighted by atomic mass is 28.4. The Morgan fingerprint density at radius 2 is 1.77 bits per heavy atom. The van der Waals surface area contributed by atoms with Crippen molar-refractivity contribution in [1.29, 1.82) is 0 Å². The first-order valence-corrected chi connectivity index (χ1v) is 10.2.